The quantitative estimate of drug-likeness (QED) is 0.629. The lowest BCUT2D eigenvalue weighted by atomic mass is 10.2. The van der Waals surface area contributed by atoms with Crippen LogP contribution in [0.3, 0.4) is 0 Å². The number of nitro groups is 1. The van der Waals surface area contributed by atoms with Gasteiger partial charge in [0.15, 0.2) is 0 Å². The Kier molecular flexibility index (Phi) is 3.63. The van der Waals surface area contributed by atoms with Gasteiger partial charge in [0.1, 0.15) is 12.2 Å². The van der Waals surface area contributed by atoms with E-state index in [2.05, 4.69) is 15.4 Å². The maximum Gasteiger partial charge on any atom is 0.269 e. The van der Waals surface area contributed by atoms with Crippen LogP contribution in [0.4, 0.5) is 5.69 Å². The van der Waals surface area contributed by atoms with Gasteiger partial charge in [0.05, 0.1) is 11.5 Å². The van der Waals surface area contributed by atoms with E-state index >= 15 is 0 Å². The Morgan fingerprint density at radius 2 is 2.28 bits per heavy atom. The summed E-state index contributed by atoms with van der Waals surface area (Å²) in [4.78, 5) is 14.3. The highest BCUT2D eigenvalue weighted by Gasteiger charge is 2.05. The van der Waals surface area contributed by atoms with Gasteiger partial charge in [-0.2, -0.15) is 5.10 Å². The molecule has 0 saturated carbocycles. The fourth-order valence-corrected chi connectivity index (χ4v) is 1.58. The lowest BCUT2D eigenvalue weighted by Crippen LogP contribution is -2.16. The number of aryl methyl sites for hydroxylation is 1. The highest BCUT2D eigenvalue weighted by molar-refractivity contribution is 5.34. The van der Waals surface area contributed by atoms with E-state index in [1.807, 2.05) is 13.1 Å². The first-order valence-corrected chi connectivity index (χ1v) is 5.44. The summed E-state index contributed by atoms with van der Waals surface area (Å²) in [6.07, 6.45) is 1.49. The van der Waals surface area contributed by atoms with E-state index in [1.165, 1.54) is 12.4 Å². The maximum atomic E-state index is 10.6. The zero-order valence-corrected chi connectivity index (χ0v) is 9.91. The molecule has 2 rings (SSSR count). The Labute approximate surface area is 104 Å². The molecular weight excluding hydrogens is 234 g/mol. The lowest BCUT2D eigenvalue weighted by Gasteiger charge is -2.04. The van der Waals surface area contributed by atoms with Crippen LogP contribution in [0, 0.1) is 10.1 Å². The molecule has 0 aliphatic rings. The smallest absolute Gasteiger partial charge is 0.269 e. The molecule has 1 heterocycles. The van der Waals surface area contributed by atoms with Gasteiger partial charge >= 0.3 is 0 Å². The second kappa shape index (κ2) is 5.37. The molecule has 0 fully saturated rings. The molecule has 2 aromatic rings. The third kappa shape index (κ3) is 2.89. The van der Waals surface area contributed by atoms with E-state index < -0.39 is 4.92 Å². The van der Waals surface area contributed by atoms with Crippen LogP contribution in [-0.4, -0.2) is 19.7 Å². The minimum absolute atomic E-state index is 0.105. The molecular formula is C11H13N5O2. The van der Waals surface area contributed by atoms with Gasteiger partial charge in [-0.15, -0.1) is 0 Å². The van der Waals surface area contributed by atoms with Gasteiger partial charge in [-0.05, 0) is 5.56 Å². The van der Waals surface area contributed by atoms with E-state index in [0.717, 1.165) is 11.4 Å². The number of nitro benzene ring substituents is 1. The molecule has 0 unspecified atom stereocenters. The second-order valence-electron chi connectivity index (χ2n) is 3.83. The summed E-state index contributed by atoms with van der Waals surface area (Å²) in [5.74, 6) is 0.820. The van der Waals surface area contributed by atoms with Crippen molar-refractivity contribution in [3.63, 3.8) is 0 Å². The van der Waals surface area contributed by atoms with Crippen LogP contribution in [0.1, 0.15) is 11.4 Å². The monoisotopic (exact) mass is 247 g/mol. The van der Waals surface area contributed by atoms with Crippen LogP contribution in [0.15, 0.2) is 30.6 Å². The van der Waals surface area contributed by atoms with E-state index in [9.17, 15) is 10.1 Å². The van der Waals surface area contributed by atoms with Crippen molar-refractivity contribution in [1.29, 1.82) is 0 Å². The summed E-state index contributed by atoms with van der Waals surface area (Å²) in [6.45, 7) is 1.12. The van der Waals surface area contributed by atoms with Gasteiger partial charge in [0.25, 0.3) is 5.69 Å². The summed E-state index contributed by atoms with van der Waals surface area (Å²) in [6, 6.07) is 6.56. The Morgan fingerprint density at radius 3 is 2.94 bits per heavy atom. The van der Waals surface area contributed by atoms with Gasteiger partial charge in [-0.3, -0.25) is 14.8 Å². The number of nitrogens with one attached hydrogen (secondary N) is 1. The van der Waals surface area contributed by atoms with Crippen molar-refractivity contribution in [2.24, 2.45) is 7.05 Å². The van der Waals surface area contributed by atoms with E-state index in [1.54, 1.807) is 16.8 Å². The fourth-order valence-electron chi connectivity index (χ4n) is 1.58. The highest BCUT2D eigenvalue weighted by Crippen LogP contribution is 2.12. The summed E-state index contributed by atoms with van der Waals surface area (Å²) in [5, 5.41) is 17.7. The number of nitrogens with zero attached hydrogens (tertiary/aromatic N) is 4. The number of aromatic nitrogens is 3. The van der Waals surface area contributed by atoms with Crippen LogP contribution >= 0.6 is 0 Å². The fraction of sp³-hybridized carbons (Fsp3) is 0.273. The lowest BCUT2D eigenvalue weighted by molar-refractivity contribution is -0.384. The molecule has 94 valence electrons. The molecule has 18 heavy (non-hydrogen) atoms. The Morgan fingerprint density at radius 1 is 1.44 bits per heavy atom. The summed E-state index contributed by atoms with van der Waals surface area (Å²) < 4.78 is 1.68. The number of rotatable bonds is 5. The first-order valence-electron chi connectivity index (χ1n) is 5.44. The zero-order valence-electron chi connectivity index (χ0n) is 9.91. The molecule has 1 aromatic carbocycles. The SMILES string of the molecule is Cn1ncnc1CNCc1cccc([N+](=O)[O-])c1. The van der Waals surface area contributed by atoms with Crippen molar-refractivity contribution >= 4 is 5.69 Å². The second-order valence-corrected chi connectivity index (χ2v) is 3.83. The molecule has 0 aliphatic carbocycles. The molecule has 0 radical (unpaired) electrons. The highest BCUT2D eigenvalue weighted by atomic mass is 16.6. The molecule has 0 spiro atoms. The number of non-ortho nitro benzene ring substituents is 1. The van der Waals surface area contributed by atoms with Crippen molar-refractivity contribution < 1.29 is 4.92 Å². The first kappa shape index (κ1) is 12.2. The van der Waals surface area contributed by atoms with Crippen molar-refractivity contribution in [2.75, 3.05) is 0 Å². The van der Waals surface area contributed by atoms with Gasteiger partial charge in [0, 0.05) is 25.7 Å². The molecule has 1 N–H and O–H groups in total. The number of hydrogen-bond donors (Lipinski definition) is 1. The Bertz CT molecular complexity index is 552. The average Bonchev–Trinajstić information content (AvgIpc) is 2.76. The predicted octanol–water partition coefficient (Wildman–Crippen LogP) is 1.01. The van der Waals surface area contributed by atoms with Crippen LogP contribution in [0.2, 0.25) is 0 Å². The predicted molar refractivity (Wildman–Crippen MR) is 64.6 cm³/mol. The van der Waals surface area contributed by atoms with Gasteiger partial charge < -0.3 is 5.32 Å². The van der Waals surface area contributed by atoms with Gasteiger partial charge in [-0.25, -0.2) is 4.98 Å². The zero-order chi connectivity index (χ0) is 13.0. The maximum absolute atomic E-state index is 10.6. The third-order valence-electron chi connectivity index (χ3n) is 2.54. The molecule has 1 aromatic heterocycles. The molecule has 7 nitrogen and oxygen atoms in total. The largest absolute Gasteiger partial charge is 0.306 e. The standard InChI is InChI=1S/C11H13N5O2/c1-15-11(13-8-14-15)7-12-6-9-3-2-4-10(5-9)16(17)18/h2-5,8,12H,6-7H2,1H3. The van der Waals surface area contributed by atoms with E-state index in [4.69, 9.17) is 0 Å². The molecule has 7 heteroatoms. The normalized spacial score (nSPS) is 10.5. The molecule has 0 amide bonds. The number of hydrogen-bond acceptors (Lipinski definition) is 5. The van der Waals surface area contributed by atoms with Crippen LogP contribution in [-0.2, 0) is 20.1 Å². The van der Waals surface area contributed by atoms with Crippen LogP contribution < -0.4 is 5.32 Å². The van der Waals surface area contributed by atoms with Crippen molar-refractivity contribution in [3.8, 4) is 0 Å². The third-order valence-corrected chi connectivity index (χ3v) is 2.54. The summed E-state index contributed by atoms with van der Waals surface area (Å²) in [5.41, 5.74) is 0.972. The molecule has 0 bridgehead atoms. The molecule has 0 saturated heterocycles. The van der Waals surface area contributed by atoms with E-state index in [0.29, 0.717) is 13.1 Å². The van der Waals surface area contributed by atoms with Crippen molar-refractivity contribution in [2.45, 2.75) is 13.1 Å². The van der Waals surface area contributed by atoms with E-state index in [-0.39, 0.29) is 5.69 Å². The Balaban J connectivity index is 1.92. The molecule has 0 atom stereocenters. The first-order chi connectivity index (χ1) is 8.66. The minimum Gasteiger partial charge on any atom is -0.306 e. The van der Waals surface area contributed by atoms with Crippen LogP contribution in [0.25, 0.3) is 0 Å². The average molecular weight is 247 g/mol. The van der Waals surface area contributed by atoms with Crippen molar-refractivity contribution in [3.05, 3.63) is 52.1 Å². The van der Waals surface area contributed by atoms with Crippen LogP contribution in [0.5, 0.6) is 0 Å². The van der Waals surface area contributed by atoms with Crippen molar-refractivity contribution in [1.82, 2.24) is 20.1 Å². The minimum atomic E-state index is -0.397. The summed E-state index contributed by atoms with van der Waals surface area (Å²) in [7, 11) is 1.82. The topological polar surface area (TPSA) is 85.9 Å². The molecule has 0 aliphatic heterocycles. The van der Waals surface area contributed by atoms with Gasteiger partial charge in [-0.1, -0.05) is 12.1 Å². The van der Waals surface area contributed by atoms with Gasteiger partial charge in [0.2, 0.25) is 0 Å². The Hall–Kier alpha value is -2.28. The summed E-state index contributed by atoms with van der Waals surface area (Å²) >= 11 is 0. The number of benzene rings is 1.